The summed E-state index contributed by atoms with van der Waals surface area (Å²) < 4.78 is 32.4. The molecule has 2 aromatic carbocycles. The lowest BCUT2D eigenvalue weighted by molar-refractivity contribution is 0.445. The van der Waals surface area contributed by atoms with E-state index in [0.29, 0.717) is 5.56 Å². The first-order valence-electron chi connectivity index (χ1n) is 6.79. The summed E-state index contributed by atoms with van der Waals surface area (Å²) in [6.45, 7) is 2.16. The predicted octanol–water partition coefficient (Wildman–Crippen LogP) is 4.56. The third-order valence-electron chi connectivity index (χ3n) is 3.48. The van der Waals surface area contributed by atoms with Crippen LogP contribution in [-0.4, -0.2) is 0 Å². The van der Waals surface area contributed by atoms with Gasteiger partial charge in [0.25, 0.3) is 0 Å². The molecule has 3 aromatic rings. The molecule has 0 aliphatic heterocycles. The van der Waals surface area contributed by atoms with Crippen molar-refractivity contribution >= 4 is 11.0 Å². The second kappa shape index (κ2) is 5.66. The van der Waals surface area contributed by atoms with E-state index in [2.05, 4.69) is 5.32 Å². The van der Waals surface area contributed by atoms with Crippen LogP contribution in [0.5, 0.6) is 0 Å². The zero-order chi connectivity index (χ0) is 14.8. The van der Waals surface area contributed by atoms with Gasteiger partial charge in [0.05, 0.1) is 6.04 Å². The van der Waals surface area contributed by atoms with E-state index in [4.69, 9.17) is 4.42 Å². The minimum Gasteiger partial charge on any atom is -0.459 e. The fourth-order valence-corrected chi connectivity index (χ4v) is 2.26. The van der Waals surface area contributed by atoms with Crippen LogP contribution in [0, 0.1) is 11.6 Å². The summed E-state index contributed by atoms with van der Waals surface area (Å²) in [6, 6.07) is 13.0. The summed E-state index contributed by atoms with van der Waals surface area (Å²) in [5, 5.41) is 4.17. The third kappa shape index (κ3) is 2.95. The molecule has 0 spiro atoms. The van der Waals surface area contributed by atoms with Gasteiger partial charge < -0.3 is 9.73 Å². The largest absolute Gasteiger partial charge is 0.459 e. The quantitative estimate of drug-likeness (QED) is 0.761. The number of halogens is 2. The Morgan fingerprint density at radius 1 is 1.10 bits per heavy atom. The lowest BCUT2D eigenvalue weighted by atomic mass is 10.1. The molecule has 0 aliphatic rings. The lowest BCUT2D eigenvalue weighted by Gasteiger charge is -2.11. The fraction of sp³-hybridized carbons (Fsp3) is 0.176. The van der Waals surface area contributed by atoms with Gasteiger partial charge in [-0.05, 0) is 37.3 Å². The van der Waals surface area contributed by atoms with Crippen LogP contribution < -0.4 is 5.32 Å². The second-order valence-corrected chi connectivity index (χ2v) is 5.02. The van der Waals surface area contributed by atoms with Crippen molar-refractivity contribution in [3.05, 3.63) is 71.5 Å². The van der Waals surface area contributed by atoms with Gasteiger partial charge in [0, 0.05) is 17.5 Å². The number of para-hydroxylation sites is 1. The maximum absolute atomic E-state index is 13.6. The van der Waals surface area contributed by atoms with E-state index in [0.717, 1.165) is 28.9 Å². The minimum atomic E-state index is -0.440. The van der Waals surface area contributed by atoms with E-state index in [1.165, 1.54) is 6.07 Å². The Morgan fingerprint density at radius 3 is 2.71 bits per heavy atom. The Hall–Kier alpha value is -2.20. The average molecular weight is 287 g/mol. The Labute approximate surface area is 121 Å². The number of fused-ring (bicyclic) bond motifs is 1. The van der Waals surface area contributed by atoms with Crippen LogP contribution in [-0.2, 0) is 6.54 Å². The molecule has 1 heterocycles. The molecule has 3 rings (SSSR count). The topological polar surface area (TPSA) is 25.2 Å². The molecule has 0 fully saturated rings. The zero-order valence-electron chi connectivity index (χ0n) is 11.6. The van der Waals surface area contributed by atoms with Crippen molar-refractivity contribution in [3.63, 3.8) is 0 Å². The molecule has 0 radical (unpaired) electrons. The maximum atomic E-state index is 13.6. The monoisotopic (exact) mass is 287 g/mol. The van der Waals surface area contributed by atoms with Crippen LogP contribution in [0.3, 0.4) is 0 Å². The summed E-state index contributed by atoms with van der Waals surface area (Å²) in [7, 11) is 0. The highest BCUT2D eigenvalue weighted by Gasteiger charge is 2.12. The average Bonchev–Trinajstić information content (AvgIpc) is 2.92. The van der Waals surface area contributed by atoms with E-state index in [-0.39, 0.29) is 12.6 Å². The molecule has 4 heteroatoms. The summed E-state index contributed by atoms with van der Waals surface area (Å²) in [5.41, 5.74) is 1.12. The van der Waals surface area contributed by atoms with Crippen molar-refractivity contribution in [3.8, 4) is 0 Å². The molecule has 1 aromatic heterocycles. The molecule has 21 heavy (non-hydrogen) atoms. The molecular formula is C17H15F2NO. The van der Waals surface area contributed by atoms with Gasteiger partial charge in [-0.2, -0.15) is 0 Å². The van der Waals surface area contributed by atoms with Gasteiger partial charge in [-0.1, -0.05) is 18.2 Å². The number of rotatable bonds is 4. The van der Waals surface area contributed by atoms with E-state index in [1.807, 2.05) is 37.3 Å². The Balaban J connectivity index is 1.74. The molecular weight excluding hydrogens is 272 g/mol. The summed E-state index contributed by atoms with van der Waals surface area (Å²) in [5.74, 6) is -0.0849. The van der Waals surface area contributed by atoms with E-state index in [1.54, 1.807) is 0 Å². The molecule has 1 unspecified atom stereocenters. The molecule has 1 N–H and O–H groups in total. The first-order valence-corrected chi connectivity index (χ1v) is 6.79. The van der Waals surface area contributed by atoms with Gasteiger partial charge in [-0.15, -0.1) is 0 Å². The van der Waals surface area contributed by atoms with Gasteiger partial charge >= 0.3 is 0 Å². The number of hydrogen-bond donors (Lipinski definition) is 1. The highest BCUT2D eigenvalue weighted by molar-refractivity contribution is 5.77. The Morgan fingerprint density at radius 2 is 1.90 bits per heavy atom. The van der Waals surface area contributed by atoms with Gasteiger partial charge in [-0.25, -0.2) is 8.78 Å². The molecule has 0 saturated heterocycles. The van der Waals surface area contributed by atoms with Gasteiger partial charge in [0.1, 0.15) is 23.0 Å². The van der Waals surface area contributed by atoms with Crippen LogP contribution in [0.1, 0.15) is 24.3 Å². The standard InChI is InChI=1S/C17H15F2NO/c1-11(17-9-12-4-2-3-5-16(12)21-17)20-10-13-8-14(18)6-7-15(13)19/h2-9,11,20H,10H2,1H3. The Kier molecular flexibility index (Phi) is 3.71. The first kappa shape index (κ1) is 13.8. The summed E-state index contributed by atoms with van der Waals surface area (Å²) >= 11 is 0. The van der Waals surface area contributed by atoms with Crippen molar-refractivity contribution in [1.82, 2.24) is 5.32 Å². The fourth-order valence-electron chi connectivity index (χ4n) is 2.26. The molecule has 1 atom stereocenters. The van der Waals surface area contributed by atoms with Crippen LogP contribution in [0.25, 0.3) is 11.0 Å². The SMILES string of the molecule is CC(NCc1cc(F)ccc1F)c1cc2ccccc2o1. The predicted molar refractivity (Wildman–Crippen MR) is 77.8 cm³/mol. The normalized spacial score (nSPS) is 12.7. The number of nitrogens with one attached hydrogen (secondary N) is 1. The highest BCUT2D eigenvalue weighted by atomic mass is 19.1. The van der Waals surface area contributed by atoms with Crippen molar-refractivity contribution < 1.29 is 13.2 Å². The molecule has 0 amide bonds. The molecule has 108 valence electrons. The van der Waals surface area contributed by atoms with Crippen molar-refractivity contribution in [2.24, 2.45) is 0 Å². The van der Waals surface area contributed by atoms with E-state index < -0.39 is 11.6 Å². The lowest BCUT2D eigenvalue weighted by Crippen LogP contribution is -2.18. The second-order valence-electron chi connectivity index (χ2n) is 5.02. The van der Waals surface area contributed by atoms with Crippen LogP contribution in [0.4, 0.5) is 8.78 Å². The highest BCUT2D eigenvalue weighted by Crippen LogP contribution is 2.24. The van der Waals surface area contributed by atoms with Crippen molar-refractivity contribution in [2.45, 2.75) is 19.5 Å². The van der Waals surface area contributed by atoms with Crippen LogP contribution >= 0.6 is 0 Å². The summed E-state index contributed by atoms with van der Waals surface area (Å²) in [4.78, 5) is 0. The van der Waals surface area contributed by atoms with E-state index in [9.17, 15) is 8.78 Å². The van der Waals surface area contributed by atoms with Gasteiger partial charge in [0.2, 0.25) is 0 Å². The van der Waals surface area contributed by atoms with Crippen molar-refractivity contribution in [2.75, 3.05) is 0 Å². The van der Waals surface area contributed by atoms with Crippen LogP contribution in [0.2, 0.25) is 0 Å². The Bertz CT molecular complexity index is 733. The third-order valence-corrected chi connectivity index (χ3v) is 3.48. The smallest absolute Gasteiger partial charge is 0.134 e. The zero-order valence-corrected chi connectivity index (χ0v) is 11.6. The van der Waals surface area contributed by atoms with Crippen LogP contribution in [0.15, 0.2) is 52.9 Å². The number of hydrogen-bond acceptors (Lipinski definition) is 2. The van der Waals surface area contributed by atoms with E-state index >= 15 is 0 Å². The van der Waals surface area contributed by atoms with Crippen molar-refractivity contribution in [1.29, 1.82) is 0 Å². The molecule has 0 bridgehead atoms. The van der Waals surface area contributed by atoms with Gasteiger partial charge in [0.15, 0.2) is 0 Å². The molecule has 0 saturated carbocycles. The minimum absolute atomic E-state index is 0.0972. The van der Waals surface area contributed by atoms with Gasteiger partial charge in [-0.3, -0.25) is 0 Å². The number of furan rings is 1. The molecule has 2 nitrogen and oxygen atoms in total. The number of benzene rings is 2. The maximum Gasteiger partial charge on any atom is 0.134 e. The molecule has 0 aliphatic carbocycles. The summed E-state index contributed by atoms with van der Waals surface area (Å²) in [6.07, 6.45) is 0. The first-order chi connectivity index (χ1) is 10.1.